The minimum absolute atomic E-state index is 0.0915. The van der Waals surface area contributed by atoms with Crippen LogP contribution in [0.2, 0.25) is 0 Å². The third-order valence-electron chi connectivity index (χ3n) is 6.63. The Morgan fingerprint density at radius 3 is 2.47 bits per heavy atom. The summed E-state index contributed by atoms with van der Waals surface area (Å²) < 4.78 is 6.21. The lowest BCUT2D eigenvalue weighted by molar-refractivity contribution is -0.384. The van der Waals surface area contributed by atoms with Gasteiger partial charge in [-0.15, -0.1) is 0 Å². The summed E-state index contributed by atoms with van der Waals surface area (Å²) in [5.74, 6) is 1.69. The summed E-state index contributed by atoms with van der Waals surface area (Å²) in [6.07, 6.45) is 2.77. The lowest BCUT2D eigenvalue weighted by Gasteiger charge is -2.40. The number of nitro benzene ring substituents is 1. The van der Waals surface area contributed by atoms with Crippen LogP contribution in [-0.2, 0) is 0 Å². The minimum Gasteiger partial charge on any atom is -0.465 e. The quantitative estimate of drug-likeness (QED) is 0.381. The molecule has 1 saturated carbocycles. The first-order valence-corrected chi connectivity index (χ1v) is 11.9. The van der Waals surface area contributed by atoms with Crippen molar-refractivity contribution in [3.63, 3.8) is 0 Å². The first kappa shape index (κ1) is 23.9. The molecule has 0 radical (unpaired) electrons. The van der Waals surface area contributed by atoms with Crippen LogP contribution in [0.4, 0.5) is 16.2 Å². The van der Waals surface area contributed by atoms with Gasteiger partial charge in [-0.05, 0) is 76.5 Å². The number of rotatable bonds is 7. The first-order chi connectivity index (χ1) is 16.1. The molecule has 0 spiro atoms. The number of nitro groups is 1. The van der Waals surface area contributed by atoms with E-state index in [-0.39, 0.29) is 22.4 Å². The third kappa shape index (κ3) is 5.26. The van der Waals surface area contributed by atoms with Gasteiger partial charge in [0.15, 0.2) is 0 Å². The largest absolute Gasteiger partial charge is 0.465 e. The Labute approximate surface area is 200 Å². The standard InChI is InChI=1S/C26H33N3O5/c1-26(2,3)28(25(30)31)17-18-8-7-15-27(16-18)24-21(29(32)33)13-14-22(23(24)19-11-12-19)34-20-9-5-4-6-10-20/h4-6,9-10,13-14,18-19H,7-8,11-12,15-17H2,1-3H3,(H,30,31)/t18-/m0/s1. The lowest BCUT2D eigenvalue weighted by Crippen LogP contribution is -2.50. The zero-order valence-corrected chi connectivity index (χ0v) is 20.1. The van der Waals surface area contributed by atoms with Gasteiger partial charge in [0.2, 0.25) is 0 Å². The molecule has 34 heavy (non-hydrogen) atoms. The van der Waals surface area contributed by atoms with E-state index >= 15 is 0 Å². The maximum Gasteiger partial charge on any atom is 0.407 e. The topological polar surface area (TPSA) is 96.2 Å². The molecule has 2 aliphatic rings. The van der Waals surface area contributed by atoms with E-state index in [9.17, 15) is 20.0 Å². The second-order valence-corrected chi connectivity index (χ2v) is 10.3. The van der Waals surface area contributed by atoms with E-state index in [0.29, 0.717) is 36.8 Å². The molecule has 1 saturated heterocycles. The van der Waals surface area contributed by atoms with Crippen molar-refractivity contribution in [3.8, 4) is 11.5 Å². The van der Waals surface area contributed by atoms with Crippen LogP contribution in [0.5, 0.6) is 11.5 Å². The molecule has 4 rings (SSSR count). The maximum atomic E-state index is 12.1. The highest BCUT2D eigenvalue weighted by Crippen LogP contribution is 2.53. The van der Waals surface area contributed by atoms with Crippen molar-refractivity contribution in [2.24, 2.45) is 5.92 Å². The van der Waals surface area contributed by atoms with Crippen LogP contribution in [0.3, 0.4) is 0 Å². The summed E-state index contributed by atoms with van der Waals surface area (Å²) in [5, 5.41) is 21.8. The fourth-order valence-corrected chi connectivity index (χ4v) is 4.84. The molecule has 1 aliphatic carbocycles. The fraction of sp³-hybridized carbons (Fsp3) is 0.500. The number of anilines is 1. The molecule has 8 heteroatoms. The van der Waals surface area contributed by atoms with Crippen LogP contribution in [0, 0.1) is 16.0 Å². The molecule has 0 bridgehead atoms. The molecule has 1 aliphatic heterocycles. The van der Waals surface area contributed by atoms with E-state index in [1.165, 1.54) is 4.90 Å². The number of para-hydroxylation sites is 1. The van der Waals surface area contributed by atoms with Gasteiger partial charge in [0.25, 0.3) is 5.69 Å². The van der Waals surface area contributed by atoms with Crippen molar-refractivity contribution in [1.29, 1.82) is 0 Å². The van der Waals surface area contributed by atoms with Gasteiger partial charge in [0, 0.05) is 36.8 Å². The molecule has 182 valence electrons. The van der Waals surface area contributed by atoms with E-state index in [1.54, 1.807) is 12.1 Å². The zero-order chi connectivity index (χ0) is 24.5. The van der Waals surface area contributed by atoms with E-state index in [1.807, 2.05) is 51.1 Å². The molecule has 1 amide bonds. The van der Waals surface area contributed by atoms with Gasteiger partial charge >= 0.3 is 6.09 Å². The van der Waals surface area contributed by atoms with Crippen LogP contribution in [0.15, 0.2) is 42.5 Å². The minimum atomic E-state index is -0.937. The Morgan fingerprint density at radius 2 is 1.88 bits per heavy atom. The van der Waals surface area contributed by atoms with Crippen LogP contribution < -0.4 is 9.64 Å². The van der Waals surface area contributed by atoms with E-state index in [0.717, 1.165) is 31.2 Å². The van der Waals surface area contributed by atoms with Crippen LogP contribution in [0.1, 0.15) is 57.9 Å². The molecule has 2 aromatic carbocycles. The maximum absolute atomic E-state index is 12.1. The number of hydrogen-bond donors (Lipinski definition) is 1. The molecular formula is C26H33N3O5. The van der Waals surface area contributed by atoms with Gasteiger partial charge in [0.1, 0.15) is 17.2 Å². The molecule has 1 atom stereocenters. The summed E-state index contributed by atoms with van der Waals surface area (Å²) in [5.41, 5.74) is 1.13. The average Bonchev–Trinajstić information content (AvgIpc) is 3.62. The summed E-state index contributed by atoms with van der Waals surface area (Å²) in [4.78, 5) is 27.2. The Hall–Kier alpha value is -3.29. The summed E-state index contributed by atoms with van der Waals surface area (Å²) in [7, 11) is 0. The Balaban J connectivity index is 1.68. The fourth-order valence-electron chi connectivity index (χ4n) is 4.84. The van der Waals surface area contributed by atoms with Crippen LogP contribution >= 0.6 is 0 Å². The van der Waals surface area contributed by atoms with Gasteiger partial charge in [-0.1, -0.05) is 18.2 Å². The van der Waals surface area contributed by atoms with Crippen molar-refractivity contribution < 1.29 is 19.6 Å². The number of piperidine rings is 1. The van der Waals surface area contributed by atoms with Crippen LogP contribution in [0.25, 0.3) is 0 Å². The van der Waals surface area contributed by atoms with Gasteiger partial charge in [-0.2, -0.15) is 0 Å². The Morgan fingerprint density at radius 1 is 1.18 bits per heavy atom. The second kappa shape index (κ2) is 9.52. The highest BCUT2D eigenvalue weighted by molar-refractivity contribution is 5.74. The predicted molar refractivity (Wildman–Crippen MR) is 131 cm³/mol. The number of carbonyl (C=O) groups is 1. The molecule has 1 N–H and O–H groups in total. The number of hydrogen-bond acceptors (Lipinski definition) is 5. The van der Waals surface area contributed by atoms with Crippen molar-refractivity contribution in [3.05, 3.63) is 58.1 Å². The van der Waals surface area contributed by atoms with Crippen LogP contribution in [-0.4, -0.2) is 46.2 Å². The van der Waals surface area contributed by atoms with Gasteiger partial charge in [-0.25, -0.2) is 4.79 Å². The second-order valence-electron chi connectivity index (χ2n) is 10.3. The van der Waals surface area contributed by atoms with Gasteiger partial charge < -0.3 is 19.6 Å². The predicted octanol–water partition coefficient (Wildman–Crippen LogP) is 6.26. The highest BCUT2D eigenvalue weighted by Gasteiger charge is 2.38. The smallest absolute Gasteiger partial charge is 0.407 e. The Bertz CT molecular complexity index is 1050. The zero-order valence-electron chi connectivity index (χ0n) is 20.1. The average molecular weight is 468 g/mol. The van der Waals surface area contributed by atoms with E-state index < -0.39 is 11.6 Å². The van der Waals surface area contributed by atoms with E-state index in [2.05, 4.69) is 4.90 Å². The number of carboxylic acid groups (broad SMARTS) is 1. The molecule has 0 unspecified atom stereocenters. The normalized spacial score (nSPS) is 18.4. The first-order valence-electron chi connectivity index (χ1n) is 11.9. The summed E-state index contributed by atoms with van der Waals surface area (Å²) in [6.45, 7) is 7.36. The van der Waals surface area contributed by atoms with Crippen molar-refractivity contribution in [2.75, 3.05) is 24.5 Å². The summed E-state index contributed by atoms with van der Waals surface area (Å²) in [6, 6.07) is 12.7. The molecule has 2 aromatic rings. The Kier molecular flexibility index (Phi) is 6.68. The van der Waals surface area contributed by atoms with Gasteiger partial charge in [0.05, 0.1) is 4.92 Å². The molecule has 0 aromatic heterocycles. The molecule has 8 nitrogen and oxygen atoms in total. The molecule has 2 fully saturated rings. The highest BCUT2D eigenvalue weighted by atomic mass is 16.6. The number of ether oxygens (including phenoxy) is 1. The lowest BCUT2D eigenvalue weighted by atomic mass is 9.93. The van der Waals surface area contributed by atoms with Gasteiger partial charge in [-0.3, -0.25) is 10.1 Å². The van der Waals surface area contributed by atoms with E-state index in [4.69, 9.17) is 4.74 Å². The number of amides is 1. The molecule has 1 heterocycles. The number of nitrogens with zero attached hydrogens (tertiary/aromatic N) is 3. The SMILES string of the molecule is CC(C)(C)N(C[C@H]1CCCN(c2c([N+](=O)[O-])ccc(Oc3ccccc3)c2C2CC2)C1)C(=O)O. The molecular weight excluding hydrogens is 434 g/mol. The summed E-state index contributed by atoms with van der Waals surface area (Å²) >= 11 is 0. The third-order valence-corrected chi connectivity index (χ3v) is 6.63. The monoisotopic (exact) mass is 467 g/mol. The van der Waals surface area contributed by atoms with Crippen molar-refractivity contribution >= 4 is 17.5 Å². The number of benzene rings is 2. The van der Waals surface area contributed by atoms with Crippen molar-refractivity contribution in [2.45, 2.75) is 57.9 Å². The van der Waals surface area contributed by atoms with Crippen molar-refractivity contribution in [1.82, 2.24) is 4.90 Å².